The Labute approximate surface area is 85.6 Å². The van der Waals surface area contributed by atoms with Crippen LogP contribution in [0, 0.1) is 10.8 Å². The molecule has 2 rings (SSSR count). The van der Waals surface area contributed by atoms with Crippen molar-refractivity contribution in [3.8, 4) is 0 Å². The van der Waals surface area contributed by atoms with Crippen LogP contribution in [0.5, 0.6) is 0 Å². The molecule has 2 bridgehead atoms. The second-order valence-corrected chi connectivity index (χ2v) is 4.80. The van der Waals surface area contributed by atoms with Gasteiger partial charge in [0.25, 0.3) is 0 Å². The average molecular weight is 196 g/mol. The van der Waals surface area contributed by atoms with Crippen molar-refractivity contribution in [2.75, 3.05) is 26.2 Å². The number of ketones is 1. The van der Waals surface area contributed by atoms with Crippen molar-refractivity contribution in [3.63, 3.8) is 0 Å². The van der Waals surface area contributed by atoms with Crippen LogP contribution in [0.2, 0.25) is 0 Å². The van der Waals surface area contributed by atoms with Crippen molar-refractivity contribution in [3.05, 3.63) is 0 Å². The molecular formula is C11H20N2O. The van der Waals surface area contributed by atoms with Gasteiger partial charge in [-0.1, -0.05) is 13.8 Å². The minimum Gasteiger partial charge on any atom is -0.315 e. The van der Waals surface area contributed by atoms with Crippen molar-refractivity contribution >= 4 is 5.78 Å². The SMILES string of the molecule is CCC12CNCC(CC)(CNC1)C2=O. The summed E-state index contributed by atoms with van der Waals surface area (Å²) in [5.74, 6) is 0.507. The Balaban J connectivity index is 2.33. The number of nitrogens with one attached hydrogen (secondary N) is 2. The molecular weight excluding hydrogens is 176 g/mol. The van der Waals surface area contributed by atoms with E-state index in [1.165, 1.54) is 0 Å². The number of hydrogen-bond acceptors (Lipinski definition) is 3. The number of Topliss-reactive ketones (excluding diaryl/α,β-unsaturated/α-hetero) is 1. The summed E-state index contributed by atoms with van der Waals surface area (Å²) in [6.07, 6.45) is 1.90. The Kier molecular flexibility index (Phi) is 2.40. The summed E-state index contributed by atoms with van der Waals surface area (Å²) in [6.45, 7) is 7.68. The molecule has 0 aromatic heterocycles. The fourth-order valence-electron chi connectivity index (χ4n) is 2.91. The number of hydrogen-bond donors (Lipinski definition) is 2. The second-order valence-electron chi connectivity index (χ2n) is 4.80. The zero-order valence-electron chi connectivity index (χ0n) is 9.15. The first-order valence-electron chi connectivity index (χ1n) is 5.65. The third-order valence-corrected chi connectivity index (χ3v) is 4.17. The maximum absolute atomic E-state index is 12.4. The van der Waals surface area contributed by atoms with E-state index in [1.807, 2.05) is 0 Å². The first-order chi connectivity index (χ1) is 6.69. The van der Waals surface area contributed by atoms with Gasteiger partial charge >= 0.3 is 0 Å². The largest absolute Gasteiger partial charge is 0.315 e. The van der Waals surface area contributed by atoms with Crippen LogP contribution in [0.15, 0.2) is 0 Å². The quantitative estimate of drug-likeness (QED) is 0.678. The highest BCUT2D eigenvalue weighted by Gasteiger charge is 2.53. The van der Waals surface area contributed by atoms with Gasteiger partial charge in [0.1, 0.15) is 5.78 Å². The molecule has 2 aliphatic rings. The van der Waals surface area contributed by atoms with Gasteiger partial charge in [0.2, 0.25) is 0 Å². The van der Waals surface area contributed by atoms with Crippen LogP contribution >= 0.6 is 0 Å². The van der Waals surface area contributed by atoms with Gasteiger partial charge in [-0.3, -0.25) is 4.79 Å². The van der Waals surface area contributed by atoms with Gasteiger partial charge in [-0.15, -0.1) is 0 Å². The summed E-state index contributed by atoms with van der Waals surface area (Å²) in [6, 6.07) is 0. The molecule has 2 aliphatic heterocycles. The molecule has 0 aliphatic carbocycles. The summed E-state index contributed by atoms with van der Waals surface area (Å²) < 4.78 is 0. The molecule has 0 spiro atoms. The number of carbonyl (C=O) groups excluding carboxylic acids is 1. The van der Waals surface area contributed by atoms with Crippen LogP contribution in [0.25, 0.3) is 0 Å². The van der Waals surface area contributed by atoms with Crippen molar-refractivity contribution in [2.45, 2.75) is 26.7 Å². The van der Waals surface area contributed by atoms with E-state index < -0.39 is 0 Å². The molecule has 0 amide bonds. The van der Waals surface area contributed by atoms with Crippen molar-refractivity contribution in [2.24, 2.45) is 10.8 Å². The van der Waals surface area contributed by atoms with Crippen LogP contribution in [0.4, 0.5) is 0 Å². The summed E-state index contributed by atoms with van der Waals surface area (Å²) >= 11 is 0. The zero-order valence-corrected chi connectivity index (χ0v) is 9.15. The van der Waals surface area contributed by atoms with Crippen LogP contribution < -0.4 is 10.6 Å². The molecule has 2 heterocycles. The Hall–Kier alpha value is -0.410. The lowest BCUT2D eigenvalue weighted by Gasteiger charge is -2.50. The van der Waals surface area contributed by atoms with Gasteiger partial charge in [0, 0.05) is 26.2 Å². The van der Waals surface area contributed by atoms with E-state index in [0.29, 0.717) is 5.78 Å². The van der Waals surface area contributed by atoms with Crippen molar-refractivity contribution in [1.82, 2.24) is 10.6 Å². The number of carbonyl (C=O) groups is 1. The van der Waals surface area contributed by atoms with Gasteiger partial charge in [-0.2, -0.15) is 0 Å². The van der Waals surface area contributed by atoms with E-state index >= 15 is 0 Å². The smallest absolute Gasteiger partial charge is 0.150 e. The molecule has 80 valence electrons. The van der Waals surface area contributed by atoms with E-state index in [2.05, 4.69) is 24.5 Å². The van der Waals surface area contributed by atoms with Crippen LogP contribution in [0.1, 0.15) is 26.7 Å². The van der Waals surface area contributed by atoms with E-state index in [4.69, 9.17) is 0 Å². The first-order valence-corrected chi connectivity index (χ1v) is 5.65. The number of rotatable bonds is 2. The van der Waals surface area contributed by atoms with Gasteiger partial charge in [-0.05, 0) is 12.8 Å². The Morgan fingerprint density at radius 2 is 1.36 bits per heavy atom. The molecule has 14 heavy (non-hydrogen) atoms. The maximum atomic E-state index is 12.4. The Bertz CT molecular complexity index is 218. The van der Waals surface area contributed by atoms with Gasteiger partial charge < -0.3 is 10.6 Å². The molecule has 0 aromatic rings. The summed E-state index contributed by atoms with van der Waals surface area (Å²) in [5.41, 5.74) is -0.237. The molecule has 3 heteroatoms. The first kappa shape index (κ1) is 10.1. The van der Waals surface area contributed by atoms with E-state index in [9.17, 15) is 4.79 Å². The van der Waals surface area contributed by atoms with Gasteiger partial charge in [0.15, 0.2) is 0 Å². The zero-order chi connectivity index (χ0) is 10.2. The lowest BCUT2D eigenvalue weighted by molar-refractivity contribution is -0.146. The molecule has 2 fully saturated rings. The molecule has 2 saturated heterocycles. The van der Waals surface area contributed by atoms with Crippen LogP contribution in [-0.2, 0) is 4.79 Å². The van der Waals surface area contributed by atoms with E-state index in [-0.39, 0.29) is 10.8 Å². The molecule has 0 aromatic carbocycles. The molecule has 2 N–H and O–H groups in total. The van der Waals surface area contributed by atoms with Crippen molar-refractivity contribution < 1.29 is 4.79 Å². The minimum atomic E-state index is -0.119. The van der Waals surface area contributed by atoms with Gasteiger partial charge in [-0.25, -0.2) is 0 Å². The maximum Gasteiger partial charge on any atom is 0.150 e. The Morgan fingerprint density at radius 3 is 1.64 bits per heavy atom. The minimum absolute atomic E-state index is 0.119. The highest BCUT2D eigenvalue weighted by Crippen LogP contribution is 2.40. The normalized spacial score (nSPS) is 42.6. The molecule has 0 atom stereocenters. The lowest BCUT2D eigenvalue weighted by Crippen LogP contribution is -2.68. The van der Waals surface area contributed by atoms with Gasteiger partial charge in [0.05, 0.1) is 10.8 Å². The van der Waals surface area contributed by atoms with Crippen LogP contribution in [-0.4, -0.2) is 32.0 Å². The second kappa shape index (κ2) is 3.31. The van der Waals surface area contributed by atoms with E-state index in [0.717, 1.165) is 39.0 Å². The fraction of sp³-hybridized carbons (Fsp3) is 0.909. The predicted molar refractivity (Wildman–Crippen MR) is 56.2 cm³/mol. The topological polar surface area (TPSA) is 41.1 Å². The molecule has 0 radical (unpaired) electrons. The number of piperidine rings is 2. The summed E-state index contributed by atoms with van der Waals surface area (Å²) in [5, 5.41) is 6.88. The Morgan fingerprint density at radius 1 is 1.00 bits per heavy atom. The van der Waals surface area contributed by atoms with Crippen molar-refractivity contribution in [1.29, 1.82) is 0 Å². The molecule has 0 saturated carbocycles. The third-order valence-electron chi connectivity index (χ3n) is 4.17. The van der Waals surface area contributed by atoms with E-state index in [1.54, 1.807) is 0 Å². The fourth-order valence-corrected chi connectivity index (χ4v) is 2.91. The summed E-state index contributed by atoms with van der Waals surface area (Å²) in [7, 11) is 0. The highest BCUT2D eigenvalue weighted by molar-refractivity contribution is 5.92. The average Bonchev–Trinajstić information content (AvgIpc) is 2.19. The number of fused-ring (bicyclic) bond motifs is 2. The highest BCUT2D eigenvalue weighted by atomic mass is 16.1. The molecule has 0 unspecified atom stereocenters. The lowest BCUT2D eigenvalue weighted by atomic mass is 9.62. The third kappa shape index (κ3) is 1.15. The standard InChI is InChI=1S/C11H20N2O/c1-3-10-5-12-7-11(4-2,9(10)14)8-13-6-10/h12-13H,3-8H2,1-2H3. The monoisotopic (exact) mass is 196 g/mol. The molecule has 3 nitrogen and oxygen atoms in total. The van der Waals surface area contributed by atoms with Crippen LogP contribution in [0.3, 0.4) is 0 Å². The predicted octanol–water partition coefficient (Wildman–Crippen LogP) is 0.555. The summed E-state index contributed by atoms with van der Waals surface area (Å²) in [4.78, 5) is 12.4.